The minimum absolute atomic E-state index is 0.312. The summed E-state index contributed by atoms with van der Waals surface area (Å²) >= 11 is 0. The van der Waals surface area contributed by atoms with Gasteiger partial charge in [-0.1, -0.05) is 24.3 Å². The molecule has 98 valence electrons. The average Bonchev–Trinajstić information content (AvgIpc) is 2.83. The zero-order valence-corrected chi connectivity index (χ0v) is 11.2. The Morgan fingerprint density at radius 2 is 1.53 bits per heavy atom. The SMILES string of the molecule is O=C(C1Cc2ccccc2C1)C1C2C3CCC(C3)C12. The molecule has 2 bridgehead atoms. The maximum absolute atomic E-state index is 12.8. The van der Waals surface area contributed by atoms with E-state index in [2.05, 4.69) is 24.3 Å². The Morgan fingerprint density at radius 3 is 2.11 bits per heavy atom. The molecular weight excluding hydrogens is 232 g/mol. The molecule has 1 heteroatoms. The van der Waals surface area contributed by atoms with E-state index in [1.54, 1.807) is 0 Å². The van der Waals surface area contributed by atoms with Gasteiger partial charge in [0.25, 0.3) is 0 Å². The van der Waals surface area contributed by atoms with Crippen molar-refractivity contribution >= 4 is 5.78 Å². The van der Waals surface area contributed by atoms with E-state index in [1.165, 1.54) is 30.4 Å². The third-order valence-electron chi connectivity index (χ3n) is 6.52. The Labute approximate surface area is 114 Å². The summed E-state index contributed by atoms with van der Waals surface area (Å²) in [7, 11) is 0. The summed E-state index contributed by atoms with van der Waals surface area (Å²) in [6, 6.07) is 8.63. The lowest BCUT2D eigenvalue weighted by Crippen LogP contribution is -2.20. The molecule has 1 nitrogen and oxygen atoms in total. The maximum Gasteiger partial charge on any atom is 0.140 e. The van der Waals surface area contributed by atoms with Crippen LogP contribution in [0.4, 0.5) is 0 Å². The lowest BCUT2D eigenvalue weighted by molar-refractivity contribution is -0.124. The molecule has 3 saturated carbocycles. The molecule has 4 aliphatic rings. The summed E-state index contributed by atoms with van der Waals surface area (Å²) in [5, 5.41) is 0. The van der Waals surface area contributed by atoms with Crippen LogP contribution in [0.25, 0.3) is 0 Å². The molecule has 0 aromatic heterocycles. The van der Waals surface area contributed by atoms with Gasteiger partial charge in [-0.05, 0) is 66.9 Å². The molecule has 0 N–H and O–H groups in total. The fourth-order valence-electron chi connectivity index (χ4n) is 5.74. The molecule has 1 aromatic rings. The van der Waals surface area contributed by atoms with Gasteiger partial charge in [0.05, 0.1) is 0 Å². The topological polar surface area (TPSA) is 17.1 Å². The number of hydrogen-bond donors (Lipinski definition) is 0. The highest BCUT2D eigenvalue weighted by atomic mass is 16.1. The van der Waals surface area contributed by atoms with Crippen molar-refractivity contribution < 1.29 is 4.79 Å². The highest BCUT2D eigenvalue weighted by Gasteiger charge is 2.67. The maximum atomic E-state index is 12.8. The van der Waals surface area contributed by atoms with E-state index in [4.69, 9.17) is 0 Å². The minimum Gasteiger partial charge on any atom is -0.299 e. The second-order valence-corrected chi connectivity index (χ2v) is 7.29. The zero-order chi connectivity index (χ0) is 12.6. The van der Waals surface area contributed by atoms with Crippen LogP contribution in [0, 0.1) is 35.5 Å². The molecule has 4 unspecified atom stereocenters. The van der Waals surface area contributed by atoms with Gasteiger partial charge < -0.3 is 0 Å². The zero-order valence-electron chi connectivity index (χ0n) is 11.2. The van der Waals surface area contributed by atoms with Gasteiger partial charge >= 0.3 is 0 Å². The summed E-state index contributed by atoms with van der Waals surface area (Å²) in [6.07, 6.45) is 6.31. The van der Waals surface area contributed by atoms with Gasteiger partial charge in [-0.25, -0.2) is 0 Å². The van der Waals surface area contributed by atoms with Gasteiger partial charge in [0, 0.05) is 11.8 Å². The van der Waals surface area contributed by atoms with Crippen LogP contribution < -0.4 is 0 Å². The monoisotopic (exact) mass is 252 g/mol. The van der Waals surface area contributed by atoms with Crippen molar-refractivity contribution in [3.63, 3.8) is 0 Å². The van der Waals surface area contributed by atoms with Crippen LogP contribution in [0.3, 0.4) is 0 Å². The Kier molecular flexibility index (Phi) is 1.96. The number of ketones is 1. The van der Waals surface area contributed by atoms with Crippen molar-refractivity contribution in [1.29, 1.82) is 0 Å². The number of carbonyl (C=O) groups is 1. The summed E-state index contributed by atoms with van der Waals surface area (Å²) in [5.74, 6) is 4.89. The highest BCUT2D eigenvalue weighted by molar-refractivity contribution is 5.88. The average molecular weight is 252 g/mol. The Bertz CT molecular complexity index is 520. The molecule has 0 radical (unpaired) electrons. The standard InChI is InChI=1S/C18H20O/c19-18(14-7-10-3-1-2-4-11(10)8-14)17-15-12-5-6-13(9-12)16(15)17/h1-4,12-17H,5-9H2. The van der Waals surface area contributed by atoms with Crippen molar-refractivity contribution in [3.8, 4) is 0 Å². The number of hydrogen-bond acceptors (Lipinski definition) is 1. The molecule has 0 spiro atoms. The molecule has 4 aliphatic carbocycles. The lowest BCUT2D eigenvalue weighted by atomic mass is 9.91. The predicted octanol–water partition coefficient (Wildman–Crippen LogP) is 3.26. The quantitative estimate of drug-likeness (QED) is 0.789. The van der Waals surface area contributed by atoms with Crippen molar-refractivity contribution in [2.45, 2.75) is 32.1 Å². The van der Waals surface area contributed by atoms with Crippen LogP contribution in [-0.4, -0.2) is 5.78 Å². The molecule has 5 rings (SSSR count). The Balaban J connectivity index is 1.36. The first kappa shape index (κ1) is 10.7. The third kappa shape index (κ3) is 1.34. The van der Waals surface area contributed by atoms with Crippen molar-refractivity contribution in [2.24, 2.45) is 35.5 Å². The third-order valence-corrected chi connectivity index (χ3v) is 6.52. The van der Waals surface area contributed by atoms with Crippen LogP contribution in [0.1, 0.15) is 30.4 Å². The van der Waals surface area contributed by atoms with Gasteiger partial charge in [-0.3, -0.25) is 4.79 Å². The first-order chi connectivity index (χ1) is 9.33. The smallest absolute Gasteiger partial charge is 0.140 e. The molecule has 0 amide bonds. The summed E-state index contributed by atoms with van der Waals surface area (Å²) in [4.78, 5) is 12.8. The van der Waals surface area contributed by atoms with E-state index in [0.29, 0.717) is 17.6 Å². The first-order valence-corrected chi connectivity index (χ1v) is 7.93. The Morgan fingerprint density at radius 1 is 0.947 bits per heavy atom. The number of carbonyl (C=O) groups excluding carboxylic acids is 1. The van der Waals surface area contributed by atoms with E-state index in [-0.39, 0.29) is 0 Å². The van der Waals surface area contributed by atoms with E-state index in [1.807, 2.05) is 0 Å². The van der Waals surface area contributed by atoms with Gasteiger partial charge in [0.2, 0.25) is 0 Å². The molecule has 0 aliphatic heterocycles. The van der Waals surface area contributed by atoms with Crippen LogP contribution >= 0.6 is 0 Å². The molecule has 19 heavy (non-hydrogen) atoms. The van der Waals surface area contributed by atoms with E-state index >= 15 is 0 Å². The van der Waals surface area contributed by atoms with Crippen LogP contribution in [0.15, 0.2) is 24.3 Å². The molecular formula is C18H20O. The van der Waals surface area contributed by atoms with Gasteiger partial charge in [-0.2, -0.15) is 0 Å². The van der Waals surface area contributed by atoms with E-state index in [9.17, 15) is 4.79 Å². The number of Topliss-reactive ketones (excluding diaryl/α,β-unsaturated/α-hetero) is 1. The summed E-state index contributed by atoms with van der Waals surface area (Å²) in [6.45, 7) is 0. The van der Waals surface area contributed by atoms with E-state index in [0.717, 1.165) is 36.5 Å². The normalized spacial score (nSPS) is 42.2. The molecule has 0 heterocycles. The molecule has 1 aromatic carbocycles. The fraction of sp³-hybridized carbons (Fsp3) is 0.611. The van der Waals surface area contributed by atoms with Crippen LogP contribution in [0.2, 0.25) is 0 Å². The highest BCUT2D eigenvalue weighted by Crippen LogP contribution is 2.70. The minimum atomic E-state index is 0.312. The first-order valence-electron chi connectivity index (χ1n) is 7.93. The number of benzene rings is 1. The van der Waals surface area contributed by atoms with Crippen molar-refractivity contribution in [1.82, 2.24) is 0 Å². The number of fused-ring (bicyclic) bond motifs is 6. The largest absolute Gasteiger partial charge is 0.299 e. The summed E-state index contributed by atoms with van der Waals surface area (Å²) < 4.78 is 0. The van der Waals surface area contributed by atoms with Crippen LogP contribution in [-0.2, 0) is 17.6 Å². The number of rotatable bonds is 2. The summed E-state index contributed by atoms with van der Waals surface area (Å²) in [5.41, 5.74) is 2.85. The van der Waals surface area contributed by atoms with Gasteiger partial charge in [0.15, 0.2) is 0 Å². The van der Waals surface area contributed by atoms with Crippen molar-refractivity contribution in [2.75, 3.05) is 0 Å². The molecule has 4 atom stereocenters. The van der Waals surface area contributed by atoms with Gasteiger partial charge in [-0.15, -0.1) is 0 Å². The van der Waals surface area contributed by atoms with Crippen molar-refractivity contribution in [3.05, 3.63) is 35.4 Å². The predicted molar refractivity (Wildman–Crippen MR) is 73.6 cm³/mol. The molecule has 0 saturated heterocycles. The second-order valence-electron chi connectivity index (χ2n) is 7.29. The van der Waals surface area contributed by atoms with Crippen LogP contribution in [0.5, 0.6) is 0 Å². The molecule has 3 fully saturated rings. The van der Waals surface area contributed by atoms with E-state index < -0.39 is 0 Å². The lowest BCUT2D eigenvalue weighted by Gasteiger charge is -2.12. The fourth-order valence-corrected chi connectivity index (χ4v) is 5.74. The second kappa shape index (κ2) is 3.50. The van der Waals surface area contributed by atoms with Gasteiger partial charge in [0.1, 0.15) is 5.78 Å². The Hall–Kier alpha value is -1.11.